The average Bonchev–Trinajstić information content (AvgIpc) is 2.97. The maximum Gasteiger partial charge on any atom is 0.165 e. The predicted molar refractivity (Wildman–Crippen MR) is 85.0 cm³/mol. The molecule has 22 heavy (non-hydrogen) atoms. The third kappa shape index (κ3) is 3.61. The fraction of sp³-hybridized carbons (Fsp3) is 0.412. The van der Waals surface area contributed by atoms with Crippen molar-refractivity contribution >= 4 is 11.6 Å². The highest BCUT2D eigenvalue weighted by atomic mass is 35.5. The van der Waals surface area contributed by atoms with Crippen LogP contribution in [0.25, 0.3) is 0 Å². The molecule has 0 N–H and O–H groups in total. The fourth-order valence-corrected chi connectivity index (χ4v) is 3.11. The minimum atomic E-state index is 0.424. The van der Waals surface area contributed by atoms with Crippen molar-refractivity contribution in [3.63, 3.8) is 0 Å². The summed E-state index contributed by atoms with van der Waals surface area (Å²) in [5, 5.41) is 14.0. The van der Waals surface area contributed by atoms with Crippen molar-refractivity contribution in [2.24, 2.45) is 5.92 Å². The van der Waals surface area contributed by atoms with Gasteiger partial charge in [0.1, 0.15) is 11.8 Å². The number of aromatic nitrogens is 2. The van der Waals surface area contributed by atoms with E-state index in [9.17, 15) is 0 Å². The lowest BCUT2D eigenvalue weighted by atomic mass is 9.89. The molecule has 3 rings (SSSR count). The van der Waals surface area contributed by atoms with Gasteiger partial charge in [-0.05, 0) is 37.0 Å². The van der Waals surface area contributed by atoms with Crippen molar-refractivity contribution in [3.8, 4) is 17.6 Å². The van der Waals surface area contributed by atoms with E-state index in [2.05, 4.69) is 11.2 Å². The first-order valence-electron chi connectivity index (χ1n) is 7.64. The van der Waals surface area contributed by atoms with Gasteiger partial charge < -0.3 is 4.74 Å². The molecule has 1 aromatic carbocycles. The van der Waals surface area contributed by atoms with Crippen molar-refractivity contribution in [3.05, 3.63) is 41.2 Å². The maximum absolute atomic E-state index is 9.13. The van der Waals surface area contributed by atoms with Crippen molar-refractivity contribution in [2.75, 3.05) is 0 Å². The molecule has 0 atom stereocenters. The first kappa shape index (κ1) is 14.9. The Morgan fingerprint density at radius 3 is 2.91 bits per heavy atom. The van der Waals surface area contributed by atoms with E-state index in [1.807, 2.05) is 10.9 Å². The van der Waals surface area contributed by atoms with Gasteiger partial charge in [0.25, 0.3) is 0 Å². The molecule has 1 aliphatic rings. The molecular formula is C17H18ClN3O. The van der Waals surface area contributed by atoms with Gasteiger partial charge in [-0.2, -0.15) is 10.4 Å². The van der Waals surface area contributed by atoms with Crippen LogP contribution in [-0.2, 0) is 6.54 Å². The number of hydrogen-bond acceptors (Lipinski definition) is 3. The Kier molecular flexibility index (Phi) is 4.65. The summed E-state index contributed by atoms with van der Waals surface area (Å²) in [6.07, 6.45) is 10.2. The van der Waals surface area contributed by atoms with Crippen molar-refractivity contribution < 1.29 is 4.74 Å². The highest BCUT2D eigenvalue weighted by Gasteiger charge is 2.15. The molecule has 0 amide bonds. The Bertz CT molecular complexity index is 683. The van der Waals surface area contributed by atoms with Gasteiger partial charge >= 0.3 is 0 Å². The van der Waals surface area contributed by atoms with Gasteiger partial charge in [-0.25, -0.2) is 0 Å². The van der Waals surface area contributed by atoms with E-state index in [1.165, 1.54) is 32.1 Å². The zero-order chi connectivity index (χ0) is 15.4. The maximum atomic E-state index is 9.13. The van der Waals surface area contributed by atoms with Crippen molar-refractivity contribution in [2.45, 2.75) is 38.6 Å². The molecule has 1 aromatic heterocycles. The Labute approximate surface area is 135 Å². The van der Waals surface area contributed by atoms with Crippen LogP contribution in [0.15, 0.2) is 30.6 Å². The molecule has 2 aromatic rings. The first-order chi connectivity index (χ1) is 10.7. The first-order valence-corrected chi connectivity index (χ1v) is 8.02. The van der Waals surface area contributed by atoms with Gasteiger partial charge in [-0.3, -0.25) is 4.68 Å². The summed E-state index contributed by atoms with van der Waals surface area (Å²) in [7, 11) is 0. The van der Waals surface area contributed by atoms with Gasteiger partial charge in [0.2, 0.25) is 0 Å². The van der Waals surface area contributed by atoms with E-state index in [0.29, 0.717) is 28.0 Å². The second-order valence-electron chi connectivity index (χ2n) is 5.76. The van der Waals surface area contributed by atoms with Gasteiger partial charge in [-0.15, -0.1) is 0 Å². The number of benzene rings is 1. The van der Waals surface area contributed by atoms with Gasteiger partial charge in [0, 0.05) is 11.6 Å². The summed E-state index contributed by atoms with van der Waals surface area (Å²) in [5.74, 6) is 1.87. The molecule has 1 heterocycles. The molecule has 0 bridgehead atoms. The second kappa shape index (κ2) is 6.85. The Balaban J connectivity index is 1.68. The smallest absolute Gasteiger partial charge is 0.165 e. The number of hydrogen-bond donors (Lipinski definition) is 0. The molecular weight excluding hydrogens is 298 g/mol. The summed E-state index contributed by atoms with van der Waals surface area (Å²) in [6.45, 7) is 0.940. The van der Waals surface area contributed by atoms with Crippen LogP contribution in [0.2, 0.25) is 5.02 Å². The molecule has 114 valence electrons. The van der Waals surface area contributed by atoms with Crippen molar-refractivity contribution in [1.29, 1.82) is 5.26 Å². The zero-order valence-electron chi connectivity index (χ0n) is 12.3. The van der Waals surface area contributed by atoms with E-state index in [1.54, 1.807) is 24.4 Å². The highest BCUT2D eigenvalue weighted by Crippen LogP contribution is 2.28. The van der Waals surface area contributed by atoms with Gasteiger partial charge in [-0.1, -0.05) is 30.9 Å². The molecule has 1 aliphatic carbocycles. The van der Waals surface area contributed by atoms with Crippen LogP contribution >= 0.6 is 11.6 Å². The van der Waals surface area contributed by atoms with E-state index in [4.69, 9.17) is 21.6 Å². The Hall–Kier alpha value is -1.99. The highest BCUT2D eigenvalue weighted by molar-refractivity contribution is 6.30. The predicted octanol–water partition coefficient (Wildman–Crippen LogP) is 4.78. The molecule has 0 radical (unpaired) electrons. The zero-order valence-corrected chi connectivity index (χ0v) is 13.1. The molecule has 5 heteroatoms. The monoisotopic (exact) mass is 315 g/mol. The lowest BCUT2D eigenvalue weighted by Crippen LogP contribution is -2.14. The molecule has 4 nitrogen and oxygen atoms in total. The summed E-state index contributed by atoms with van der Waals surface area (Å²) < 4.78 is 7.70. The quantitative estimate of drug-likeness (QED) is 0.815. The summed E-state index contributed by atoms with van der Waals surface area (Å²) >= 11 is 5.89. The van der Waals surface area contributed by atoms with Crippen LogP contribution in [-0.4, -0.2) is 9.78 Å². The minimum absolute atomic E-state index is 0.424. The topological polar surface area (TPSA) is 50.8 Å². The number of ether oxygens (including phenoxy) is 1. The van der Waals surface area contributed by atoms with Crippen LogP contribution in [0.5, 0.6) is 11.5 Å². The lowest BCUT2D eigenvalue weighted by molar-refractivity contribution is 0.308. The normalized spacial score (nSPS) is 15.5. The molecule has 1 fully saturated rings. The second-order valence-corrected chi connectivity index (χ2v) is 6.19. The number of halogens is 1. The minimum Gasteiger partial charge on any atom is -0.453 e. The van der Waals surface area contributed by atoms with E-state index < -0.39 is 0 Å². The lowest BCUT2D eigenvalue weighted by Gasteiger charge is -2.21. The standard InChI is InChI=1S/C17H18ClN3O/c18-15-6-7-17(14(8-15)9-19)22-16-10-20-21(12-16)11-13-4-2-1-3-5-13/h6-8,10,12-13H,1-5,11H2. The largest absolute Gasteiger partial charge is 0.453 e. The summed E-state index contributed by atoms with van der Waals surface area (Å²) in [4.78, 5) is 0. The van der Waals surface area contributed by atoms with Crippen LogP contribution in [0.3, 0.4) is 0 Å². The van der Waals surface area contributed by atoms with Crippen LogP contribution in [0, 0.1) is 17.2 Å². The van der Waals surface area contributed by atoms with Crippen molar-refractivity contribution in [1.82, 2.24) is 9.78 Å². The average molecular weight is 316 g/mol. The third-order valence-electron chi connectivity index (χ3n) is 4.07. The van der Waals surface area contributed by atoms with Crippen LogP contribution in [0.4, 0.5) is 0 Å². The molecule has 0 saturated heterocycles. The van der Waals surface area contributed by atoms with E-state index >= 15 is 0 Å². The number of nitriles is 1. The third-order valence-corrected chi connectivity index (χ3v) is 4.30. The number of nitrogens with zero attached hydrogens (tertiary/aromatic N) is 3. The van der Waals surface area contributed by atoms with Gasteiger partial charge in [0.05, 0.1) is 18.0 Å². The Morgan fingerprint density at radius 2 is 2.14 bits per heavy atom. The molecule has 0 spiro atoms. The molecule has 0 aliphatic heterocycles. The van der Waals surface area contributed by atoms with Crippen LogP contribution in [0.1, 0.15) is 37.7 Å². The molecule has 1 saturated carbocycles. The van der Waals surface area contributed by atoms with Crippen LogP contribution < -0.4 is 4.74 Å². The SMILES string of the molecule is N#Cc1cc(Cl)ccc1Oc1cnn(CC2CCCCC2)c1. The number of rotatable bonds is 4. The molecule has 0 unspecified atom stereocenters. The van der Waals surface area contributed by atoms with E-state index in [0.717, 1.165) is 6.54 Å². The van der Waals surface area contributed by atoms with E-state index in [-0.39, 0.29) is 0 Å². The van der Waals surface area contributed by atoms with Gasteiger partial charge in [0.15, 0.2) is 5.75 Å². The summed E-state index contributed by atoms with van der Waals surface area (Å²) in [6, 6.07) is 7.11. The fourth-order valence-electron chi connectivity index (χ4n) is 2.94. The summed E-state index contributed by atoms with van der Waals surface area (Å²) in [5.41, 5.74) is 0.424. The Morgan fingerprint density at radius 1 is 1.32 bits per heavy atom.